The maximum atomic E-state index is 10.7. The van der Waals surface area contributed by atoms with Gasteiger partial charge in [-0.2, -0.15) is 0 Å². The molecule has 1 unspecified atom stereocenters. The van der Waals surface area contributed by atoms with Crippen LogP contribution in [0.25, 0.3) is 10.9 Å². The zero-order chi connectivity index (χ0) is 17.4. The van der Waals surface area contributed by atoms with Gasteiger partial charge in [0, 0.05) is 39.4 Å². The molecule has 1 aliphatic rings. The van der Waals surface area contributed by atoms with Gasteiger partial charge in [0.05, 0.1) is 11.0 Å². The van der Waals surface area contributed by atoms with E-state index in [9.17, 15) is 10.1 Å². The Labute approximate surface area is 153 Å². The first-order chi connectivity index (χ1) is 12.1. The summed E-state index contributed by atoms with van der Waals surface area (Å²) >= 11 is 3.55. The molecule has 1 atom stereocenters. The topological polar surface area (TPSA) is 71.3 Å². The van der Waals surface area contributed by atoms with E-state index in [1.165, 1.54) is 28.8 Å². The average Bonchev–Trinajstić information content (AvgIpc) is 2.99. The number of aromatic nitrogens is 1. The van der Waals surface area contributed by atoms with Crippen LogP contribution < -0.4 is 0 Å². The minimum atomic E-state index is -0.392. The number of rotatable bonds is 3. The SMILES string of the molecule is O=[N+]([O-])c1ccc(C=NC2CCCc3c2[nH]c2ccc(Br)cc32)cc1. The minimum absolute atomic E-state index is 0.0956. The molecule has 2 aromatic carbocycles. The molecule has 25 heavy (non-hydrogen) atoms. The van der Waals surface area contributed by atoms with E-state index in [0.29, 0.717) is 0 Å². The second kappa shape index (κ2) is 6.44. The molecule has 0 amide bonds. The first kappa shape index (κ1) is 16.0. The first-order valence-electron chi connectivity index (χ1n) is 8.19. The summed E-state index contributed by atoms with van der Waals surface area (Å²) in [4.78, 5) is 18.6. The van der Waals surface area contributed by atoms with E-state index in [-0.39, 0.29) is 11.7 Å². The van der Waals surface area contributed by atoms with Crippen LogP contribution in [0.5, 0.6) is 0 Å². The molecule has 1 aromatic heterocycles. The monoisotopic (exact) mass is 397 g/mol. The van der Waals surface area contributed by atoms with Crippen molar-refractivity contribution in [3.8, 4) is 0 Å². The maximum absolute atomic E-state index is 10.7. The van der Waals surface area contributed by atoms with Crippen LogP contribution in [0.2, 0.25) is 0 Å². The lowest BCUT2D eigenvalue weighted by Crippen LogP contribution is -2.07. The summed E-state index contributed by atoms with van der Waals surface area (Å²) in [5.41, 5.74) is 4.66. The lowest BCUT2D eigenvalue weighted by atomic mass is 9.92. The number of nitrogens with zero attached hydrogens (tertiary/aromatic N) is 2. The summed E-state index contributed by atoms with van der Waals surface area (Å²) < 4.78 is 1.08. The normalized spacial score (nSPS) is 17.1. The van der Waals surface area contributed by atoms with Crippen molar-refractivity contribution in [1.82, 2.24) is 4.98 Å². The molecule has 1 heterocycles. The molecular formula is C19H16BrN3O2. The van der Waals surface area contributed by atoms with Gasteiger partial charge in [0.2, 0.25) is 0 Å². The van der Waals surface area contributed by atoms with Crippen molar-refractivity contribution >= 4 is 38.7 Å². The van der Waals surface area contributed by atoms with Crippen LogP contribution in [0.15, 0.2) is 51.9 Å². The Bertz CT molecular complexity index is 976. The molecule has 0 fully saturated rings. The fourth-order valence-corrected chi connectivity index (χ4v) is 3.78. The predicted octanol–water partition coefficient (Wildman–Crippen LogP) is 5.34. The van der Waals surface area contributed by atoms with Gasteiger partial charge in [-0.05, 0) is 60.7 Å². The van der Waals surface area contributed by atoms with E-state index in [2.05, 4.69) is 33.0 Å². The van der Waals surface area contributed by atoms with Gasteiger partial charge in [-0.3, -0.25) is 15.1 Å². The molecule has 1 aliphatic carbocycles. The molecule has 126 valence electrons. The molecule has 0 radical (unpaired) electrons. The molecular weight excluding hydrogens is 382 g/mol. The zero-order valence-corrected chi connectivity index (χ0v) is 15.0. The van der Waals surface area contributed by atoms with Crippen LogP contribution in [0, 0.1) is 10.1 Å². The Kier molecular flexibility index (Phi) is 4.13. The van der Waals surface area contributed by atoms with Crippen molar-refractivity contribution in [3.05, 3.63) is 73.9 Å². The van der Waals surface area contributed by atoms with Crippen LogP contribution in [-0.4, -0.2) is 16.1 Å². The number of H-pyrrole nitrogens is 1. The second-order valence-electron chi connectivity index (χ2n) is 6.24. The molecule has 0 spiro atoms. The third-order valence-corrected chi connectivity index (χ3v) is 5.14. The van der Waals surface area contributed by atoms with E-state index in [1.807, 2.05) is 12.3 Å². The molecule has 0 saturated heterocycles. The summed E-state index contributed by atoms with van der Waals surface area (Å²) in [6, 6.07) is 12.9. The summed E-state index contributed by atoms with van der Waals surface area (Å²) in [6.07, 6.45) is 4.99. The number of nitrogens with one attached hydrogen (secondary N) is 1. The number of aromatic amines is 1. The highest BCUT2D eigenvalue weighted by molar-refractivity contribution is 9.10. The van der Waals surface area contributed by atoms with Gasteiger partial charge in [0.15, 0.2) is 0 Å². The highest BCUT2D eigenvalue weighted by atomic mass is 79.9. The molecule has 4 rings (SSSR count). The third-order valence-electron chi connectivity index (χ3n) is 4.65. The number of aliphatic imine (C=N–C) groups is 1. The van der Waals surface area contributed by atoms with Crippen LogP contribution in [0.4, 0.5) is 5.69 Å². The number of benzene rings is 2. The first-order valence-corrected chi connectivity index (χ1v) is 8.99. The Balaban J connectivity index is 1.64. The second-order valence-corrected chi connectivity index (χ2v) is 7.16. The Hall–Kier alpha value is -2.47. The van der Waals surface area contributed by atoms with E-state index in [1.54, 1.807) is 12.1 Å². The van der Waals surface area contributed by atoms with Crippen LogP contribution in [0.3, 0.4) is 0 Å². The van der Waals surface area contributed by atoms with E-state index in [4.69, 9.17) is 4.99 Å². The number of fused-ring (bicyclic) bond motifs is 3. The minimum Gasteiger partial charge on any atom is -0.356 e. The molecule has 0 aliphatic heterocycles. The van der Waals surface area contributed by atoms with Crippen molar-refractivity contribution in [2.45, 2.75) is 25.3 Å². The Morgan fingerprint density at radius 1 is 1.24 bits per heavy atom. The van der Waals surface area contributed by atoms with E-state index >= 15 is 0 Å². The lowest BCUT2D eigenvalue weighted by molar-refractivity contribution is -0.384. The van der Waals surface area contributed by atoms with Crippen molar-refractivity contribution in [1.29, 1.82) is 0 Å². The Morgan fingerprint density at radius 3 is 2.80 bits per heavy atom. The average molecular weight is 398 g/mol. The standard InChI is InChI=1S/C19H16BrN3O2/c20-13-6-9-17-16(10-13)15-2-1-3-18(19(15)22-17)21-11-12-4-7-14(8-5-12)23(24)25/h4-11,18,22H,1-3H2. The van der Waals surface area contributed by atoms with Gasteiger partial charge >= 0.3 is 0 Å². The van der Waals surface area contributed by atoms with Crippen molar-refractivity contribution < 1.29 is 4.92 Å². The lowest BCUT2D eigenvalue weighted by Gasteiger charge is -2.19. The van der Waals surface area contributed by atoms with E-state index < -0.39 is 4.92 Å². The van der Waals surface area contributed by atoms with Gasteiger partial charge in [0.1, 0.15) is 0 Å². The number of non-ortho nitro benzene ring substituents is 1. The van der Waals surface area contributed by atoms with Crippen LogP contribution >= 0.6 is 15.9 Å². The number of hydrogen-bond donors (Lipinski definition) is 1. The number of nitro groups is 1. The smallest absolute Gasteiger partial charge is 0.269 e. The molecule has 1 N–H and O–H groups in total. The number of hydrogen-bond acceptors (Lipinski definition) is 3. The summed E-state index contributed by atoms with van der Waals surface area (Å²) in [7, 11) is 0. The zero-order valence-electron chi connectivity index (χ0n) is 13.4. The van der Waals surface area contributed by atoms with E-state index in [0.717, 1.165) is 34.8 Å². The predicted molar refractivity (Wildman–Crippen MR) is 102 cm³/mol. The number of halogens is 1. The van der Waals surface area contributed by atoms with Gasteiger partial charge in [-0.25, -0.2) is 0 Å². The van der Waals surface area contributed by atoms with Crippen LogP contribution in [0.1, 0.15) is 35.7 Å². The number of aryl methyl sites for hydroxylation is 1. The molecule has 0 bridgehead atoms. The Morgan fingerprint density at radius 2 is 2.04 bits per heavy atom. The molecule has 0 saturated carbocycles. The molecule has 5 nitrogen and oxygen atoms in total. The summed E-state index contributed by atoms with van der Waals surface area (Å²) in [5.74, 6) is 0. The quantitative estimate of drug-likeness (QED) is 0.368. The third kappa shape index (κ3) is 3.09. The van der Waals surface area contributed by atoms with Crippen molar-refractivity contribution in [3.63, 3.8) is 0 Å². The van der Waals surface area contributed by atoms with Gasteiger partial charge < -0.3 is 4.98 Å². The fourth-order valence-electron chi connectivity index (χ4n) is 3.42. The van der Waals surface area contributed by atoms with Gasteiger partial charge in [-0.15, -0.1) is 0 Å². The fraction of sp³-hybridized carbons (Fsp3) is 0.211. The number of nitro benzene ring substituents is 1. The molecule has 6 heteroatoms. The highest BCUT2D eigenvalue weighted by Gasteiger charge is 2.23. The summed E-state index contributed by atoms with van der Waals surface area (Å²) in [6.45, 7) is 0. The van der Waals surface area contributed by atoms with Gasteiger partial charge in [-0.1, -0.05) is 15.9 Å². The largest absolute Gasteiger partial charge is 0.356 e. The maximum Gasteiger partial charge on any atom is 0.269 e. The highest BCUT2D eigenvalue weighted by Crippen LogP contribution is 2.37. The molecule has 3 aromatic rings. The van der Waals surface area contributed by atoms with Crippen LogP contribution in [-0.2, 0) is 6.42 Å². The van der Waals surface area contributed by atoms with Crippen molar-refractivity contribution in [2.75, 3.05) is 0 Å². The van der Waals surface area contributed by atoms with Gasteiger partial charge in [0.25, 0.3) is 5.69 Å². The summed E-state index contributed by atoms with van der Waals surface area (Å²) in [5, 5.41) is 12.0. The van der Waals surface area contributed by atoms with Crippen molar-refractivity contribution in [2.24, 2.45) is 4.99 Å².